The second-order valence-corrected chi connectivity index (χ2v) is 3.63. The quantitative estimate of drug-likeness (QED) is 0.505. The minimum absolute atomic E-state index is 0.0378. The first kappa shape index (κ1) is 11.4. The van der Waals surface area contributed by atoms with Crippen molar-refractivity contribution in [3.05, 3.63) is 0 Å². The highest BCUT2D eigenvalue weighted by Crippen LogP contribution is 2.05. The molecule has 0 aromatic rings. The molecule has 12 heavy (non-hydrogen) atoms. The maximum atomic E-state index is 10.8. The fraction of sp³-hybridized carbons (Fsp3) is 0.875. The van der Waals surface area contributed by atoms with Gasteiger partial charge in [0.2, 0.25) is 0 Å². The van der Waals surface area contributed by atoms with Crippen LogP contribution in [0, 0.1) is 0 Å². The smallest absolute Gasteiger partial charge is 0.324 e. The molecule has 0 aliphatic rings. The normalized spacial score (nSPS) is 14.1. The predicted octanol–water partition coefficient (Wildman–Crippen LogP) is 0.649. The average molecular weight is 175 g/mol. The molecular weight excluding hydrogens is 158 g/mol. The van der Waals surface area contributed by atoms with E-state index in [2.05, 4.69) is 0 Å². The van der Waals surface area contributed by atoms with E-state index in [1.165, 1.54) is 0 Å². The van der Waals surface area contributed by atoms with E-state index in [4.69, 9.17) is 15.2 Å². The lowest BCUT2D eigenvalue weighted by Gasteiger charge is -2.19. The van der Waals surface area contributed by atoms with Crippen LogP contribution in [0.1, 0.15) is 27.7 Å². The van der Waals surface area contributed by atoms with Crippen LogP contribution in [-0.2, 0) is 14.3 Å². The van der Waals surface area contributed by atoms with Crippen molar-refractivity contribution in [2.24, 2.45) is 5.73 Å². The van der Waals surface area contributed by atoms with E-state index in [0.29, 0.717) is 0 Å². The predicted molar refractivity (Wildman–Crippen MR) is 45.4 cm³/mol. The lowest BCUT2D eigenvalue weighted by molar-refractivity contribution is -0.168. The summed E-state index contributed by atoms with van der Waals surface area (Å²) in [5, 5.41) is 0. The summed E-state index contributed by atoms with van der Waals surface area (Å²) >= 11 is 0. The summed E-state index contributed by atoms with van der Waals surface area (Å²) in [6.07, 6.45) is 0. The van der Waals surface area contributed by atoms with Crippen LogP contribution < -0.4 is 5.73 Å². The van der Waals surface area contributed by atoms with Gasteiger partial charge in [0.05, 0.1) is 5.60 Å². The van der Waals surface area contributed by atoms with E-state index in [9.17, 15) is 4.79 Å². The molecule has 0 aromatic heterocycles. The molecule has 0 unspecified atom stereocenters. The van der Waals surface area contributed by atoms with Gasteiger partial charge in [0.25, 0.3) is 0 Å². The Labute approximate surface area is 73.0 Å². The number of esters is 1. The van der Waals surface area contributed by atoms with E-state index in [0.717, 1.165) is 0 Å². The number of nitrogens with two attached hydrogens (primary N) is 1. The molecule has 1 atom stereocenters. The van der Waals surface area contributed by atoms with E-state index in [1.54, 1.807) is 6.92 Å². The second kappa shape index (κ2) is 4.42. The summed E-state index contributed by atoms with van der Waals surface area (Å²) in [6, 6.07) is -0.589. The minimum Gasteiger partial charge on any atom is -0.437 e. The van der Waals surface area contributed by atoms with Crippen LogP contribution in [0.4, 0.5) is 0 Å². The number of carbonyl (C=O) groups is 1. The van der Waals surface area contributed by atoms with Crippen molar-refractivity contribution in [1.82, 2.24) is 0 Å². The minimum atomic E-state index is -0.589. The Morgan fingerprint density at radius 1 is 1.50 bits per heavy atom. The van der Waals surface area contributed by atoms with Crippen LogP contribution in [-0.4, -0.2) is 24.4 Å². The second-order valence-electron chi connectivity index (χ2n) is 3.63. The van der Waals surface area contributed by atoms with Crippen LogP contribution in [0.3, 0.4) is 0 Å². The van der Waals surface area contributed by atoms with Gasteiger partial charge >= 0.3 is 5.97 Å². The van der Waals surface area contributed by atoms with Gasteiger partial charge in [-0.2, -0.15) is 0 Å². The van der Waals surface area contributed by atoms with Gasteiger partial charge in [-0.05, 0) is 27.7 Å². The maximum absolute atomic E-state index is 10.8. The first-order chi connectivity index (χ1) is 5.33. The monoisotopic (exact) mass is 175 g/mol. The zero-order chi connectivity index (χ0) is 9.78. The topological polar surface area (TPSA) is 61.6 Å². The number of hydrogen-bond donors (Lipinski definition) is 1. The molecule has 0 saturated carbocycles. The molecule has 0 aromatic carbocycles. The SMILES string of the molecule is C[C@H](N)C(=O)OCOC(C)(C)C. The maximum Gasteiger partial charge on any atom is 0.324 e. The highest BCUT2D eigenvalue weighted by atomic mass is 16.7. The molecule has 0 fully saturated rings. The van der Waals surface area contributed by atoms with Gasteiger partial charge < -0.3 is 15.2 Å². The highest BCUT2D eigenvalue weighted by molar-refractivity contribution is 5.74. The molecule has 72 valence electrons. The largest absolute Gasteiger partial charge is 0.437 e. The van der Waals surface area contributed by atoms with Crippen molar-refractivity contribution < 1.29 is 14.3 Å². The molecule has 0 amide bonds. The number of rotatable bonds is 3. The van der Waals surface area contributed by atoms with E-state index < -0.39 is 12.0 Å². The Bertz CT molecular complexity index is 149. The summed E-state index contributed by atoms with van der Waals surface area (Å²) in [7, 11) is 0. The summed E-state index contributed by atoms with van der Waals surface area (Å²) in [4.78, 5) is 10.8. The standard InChI is InChI=1S/C8H17NO3/c1-6(9)7(10)11-5-12-8(2,3)4/h6H,5,9H2,1-4H3/t6-/m0/s1. The van der Waals surface area contributed by atoms with E-state index in [-0.39, 0.29) is 12.4 Å². The molecule has 0 heterocycles. The molecule has 0 bridgehead atoms. The van der Waals surface area contributed by atoms with Crippen LogP contribution in [0.15, 0.2) is 0 Å². The van der Waals surface area contributed by atoms with Gasteiger partial charge in [0, 0.05) is 0 Å². The molecule has 0 aliphatic carbocycles. The molecular formula is C8H17NO3. The van der Waals surface area contributed by atoms with Crippen LogP contribution >= 0.6 is 0 Å². The lowest BCUT2D eigenvalue weighted by Crippen LogP contribution is -2.31. The van der Waals surface area contributed by atoms with Crippen molar-refractivity contribution >= 4 is 5.97 Å². The van der Waals surface area contributed by atoms with E-state index >= 15 is 0 Å². The molecule has 0 saturated heterocycles. The summed E-state index contributed by atoms with van der Waals surface area (Å²) in [6.45, 7) is 7.18. The fourth-order valence-electron chi connectivity index (χ4n) is 0.396. The van der Waals surface area contributed by atoms with Gasteiger partial charge in [-0.3, -0.25) is 4.79 Å². The Kier molecular flexibility index (Phi) is 4.20. The third kappa shape index (κ3) is 6.12. The van der Waals surface area contributed by atoms with Crippen molar-refractivity contribution in [1.29, 1.82) is 0 Å². The molecule has 4 heteroatoms. The molecule has 0 spiro atoms. The Hall–Kier alpha value is -0.610. The Morgan fingerprint density at radius 3 is 2.33 bits per heavy atom. The van der Waals surface area contributed by atoms with Crippen molar-refractivity contribution in [2.45, 2.75) is 39.3 Å². The molecule has 0 rings (SSSR count). The number of ether oxygens (including phenoxy) is 2. The van der Waals surface area contributed by atoms with Crippen LogP contribution in [0.25, 0.3) is 0 Å². The average Bonchev–Trinajstić information content (AvgIpc) is 1.84. The zero-order valence-electron chi connectivity index (χ0n) is 8.09. The van der Waals surface area contributed by atoms with Crippen molar-refractivity contribution in [3.8, 4) is 0 Å². The highest BCUT2D eigenvalue weighted by Gasteiger charge is 2.13. The van der Waals surface area contributed by atoms with E-state index in [1.807, 2.05) is 20.8 Å². The molecule has 0 radical (unpaired) electrons. The first-order valence-corrected chi connectivity index (χ1v) is 3.89. The zero-order valence-corrected chi connectivity index (χ0v) is 8.09. The summed E-state index contributed by atoms with van der Waals surface area (Å²) < 4.78 is 9.84. The Morgan fingerprint density at radius 2 is 2.00 bits per heavy atom. The van der Waals surface area contributed by atoms with Gasteiger partial charge in [-0.1, -0.05) is 0 Å². The van der Waals surface area contributed by atoms with Crippen molar-refractivity contribution in [2.75, 3.05) is 6.79 Å². The molecule has 4 nitrogen and oxygen atoms in total. The summed E-state index contributed by atoms with van der Waals surface area (Å²) in [5.41, 5.74) is 4.96. The first-order valence-electron chi connectivity index (χ1n) is 3.89. The summed E-state index contributed by atoms with van der Waals surface area (Å²) in [5.74, 6) is -0.445. The fourth-order valence-corrected chi connectivity index (χ4v) is 0.396. The van der Waals surface area contributed by atoms with Crippen LogP contribution in [0.5, 0.6) is 0 Å². The molecule has 2 N–H and O–H groups in total. The third-order valence-corrected chi connectivity index (χ3v) is 1.06. The van der Waals surface area contributed by atoms with Gasteiger partial charge in [-0.25, -0.2) is 0 Å². The lowest BCUT2D eigenvalue weighted by atomic mass is 10.2. The number of hydrogen-bond acceptors (Lipinski definition) is 4. The number of carbonyl (C=O) groups excluding carboxylic acids is 1. The van der Waals surface area contributed by atoms with Gasteiger partial charge in [-0.15, -0.1) is 0 Å². The van der Waals surface area contributed by atoms with Gasteiger partial charge in [0.1, 0.15) is 6.04 Å². The molecule has 0 aliphatic heterocycles. The van der Waals surface area contributed by atoms with Crippen molar-refractivity contribution in [3.63, 3.8) is 0 Å². The van der Waals surface area contributed by atoms with Crippen LogP contribution in [0.2, 0.25) is 0 Å². The van der Waals surface area contributed by atoms with Gasteiger partial charge in [0.15, 0.2) is 6.79 Å². The third-order valence-electron chi connectivity index (χ3n) is 1.06. The Balaban J connectivity index is 3.51.